The first kappa shape index (κ1) is 21.0. The van der Waals surface area contributed by atoms with Crippen LogP contribution in [0.25, 0.3) is 0 Å². The molecule has 31 heavy (non-hydrogen) atoms. The molecule has 4 rings (SSSR count). The van der Waals surface area contributed by atoms with Gasteiger partial charge in [0.25, 0.3) is 5.91 Å². The molecule has 0 spiro atoms. The summed E-state index contributed by atoms with van der Waals surface area (Å²) in [5, 5.41) is 5.03. The second-order valence-electron chi connectivity index (χ2n) is 7.45. The number of piperazine rings is 1. The van der Waals surface area contributed by atoms with Crippen molar-refractivity contribution in [2.24, 2.45) is 0 Å². The van der Waals surface area contributed by atoms with E-state index in [0.29, 0.717) is 35.2 Å². The minimum Gasteiger partial charge on any atom is -0.469 e. The number of thiazole rings is 1. The predicted molar refractivity (Wildman–Crippen MR) is 118 cm³/mol. The first-order chi connectivity index (χ1) is 14.9. The van der Waals surface area contributed by atoms with Gasteiger partial charge in [-0.15, -0.1) is 11.3 Å². The van der Waals surface area contributed by atoms with Crippen molar-refractivity contribution in [2.75, 3.05) is 36.4 Å². The van der Waals surface area contributed by atoms with Crippen LogP contribution in [-0.2, 0) is 11.2 Å². The number of hydrogen-bond acceptors (Lipinski definition) is 8. The van der Waals surface area contributed by atoms with Crippen LogP contribution >= 0.6 is 11.3 Å². The maximum Gasteiger partial charge on any atom is 0.260 e. The number of carbonyl (C=O) groups excluding carboxylic acids is 2. The predicted octanol–water partition coefficient (Wildman–Crippen LogP) is 2.59. The summed E-state index contributed by atoms with van der Waals surface area (Å²) >= 11 is 1.30. The molecule has 1 saturated heterocycles. The van der Waals surface area contributed by atoms with Crippen molar-refractivity contribution >= 4 is 34.1 Å². The van der Waals surface area contributed by atoms with Gasteiger partial charge in [0.05, 0.1) is 23.9 Å². The average Bonchev–Trinajstić information content (AvgIpc) is 3.36. The summed E-state index contributed by atoms with van der Waals surface area (Å²) in [6, 6.07) is 3.59. The van der Waals surface area contributed by atoms with Crippen molar-refractivity contribution in [3.8, 4) is 0 Å². The molecule has 1 aliphatic heterocycles. The molecule has 1 fully saturated rings. The number of nitrogens with one attached hydrogen (secondary N) is 1. The highest BCUT2D eigenvalue weighted by Gasteiger charge is 2.23. The van der Waals surface area contributed by atoms with Crippen molar-refractivity contribution in [1.82, 2.24) is 19.9 Å². The highest BCUT2D eigenvalue weighted by atomic mass is 32.1. The molecule has 0 aromatic carbocycles. The summed E-state index contributed by atoms with van der Waals surface area (Å²) in [7, 11) is 0. The SMILES string of the molecule is Cc1cc(N2CCN(C(=O)Cc3csc(NC(=O)c4ccoc4C)n3)CC2)nc(C)n1. The number of hydrogen-bond donors (Lipinski definition) is 1. The van der Waals surface area contributed by atoms with Crippen LogP contribution in [0.3, 0.4) is 0 Å². The van der Waals surface area contributed by atoms with Gasteiger partial charge in [0.2, 0.25) is 5.91 Å². The molecule has 162 valence electrons. The maximum atomic E-state index is 12.7. The van der Waals surface area contributed by atoms with Crippen LogP contribution in [0.4, 0.5) is 10.9 Å². The zero-order valence-electron chi connectivity index (χ0n) is 17.7. The van der Waals surface area contributed by atoms with Crippen LogP contribution in [0.5, 0.6) is 0 Å². The molecule has 3 aromatic rings. The topological polar surface area (TPSA) is 104 Å². The molecule has 0 bridgehead atoms. The molecular weight excluding hydrogens is 416 g/mol. The van der Waals surface area contributed by atoms with Crippen molar-refractivity contribution in [1.29, 1.82) is 0 Å². The van der Waals surface area contributed by atoms with E-state index in [-0.39, 0.29) is 18.2 Å². The molecule has 0 aliphatic carbocycles. The maximum absolute atomic E-state index is 12.7. The Labute approximate surface area is 184 Å². The summed E-state index contributed by atoms with van der Waals surface area (Å²) < 4.78 is 5.16. The summed E-state index contributed by atoms with van der Waals surface area (Å²) in [6.45, 7) is 8.29. The molecule has 1 N–H and O–H groups in total. The lowest BCUT2D eigenvalue weighted by molar-refractivity contribution is -0.130. The summed E-state index contributed by atoms with van der Waals surface area (Å²) in [5.41, 5.74) is 2.06. The second-order valence-corrected chi connectivity index (χ2v) is 8.31. The summed E-state index contributed by atoms with van der Waals surface area (Å²) in [5.74, 6) is 1.97. The minimum absolute atomic E-state index is 0.0311. The summed E-state index contributed by atoms with van der Waals surface area (Å²) in [6.07, 6.45) is 1.69. The number of carbonyl (C=O) groups is 2. The number of aromatic nitrogens is 3. The Morgan fingerprint density at radius 3 is 2.58 bits per heavy atom. The van der Waals surface area contributed by atoms with Crippen molar-refractivity contribution in [3.05, 3.63) is 52.3 Å². The second kappa shape index (κ2) is 8.84. The zero-order valence-corrected chi connectivity index (χ0v) is 18.5. The molecule has 0 radical (unpaired) electrons. The van der Waals surface area contributed by atoms with Crippen LogP contribution in [0, 0.1) is 20.8 Å². The van der Waals surface area contributed by atoms with Crippen molar-refractivity contribution in [3.63, 3.8) is 0 Å². The molecule has 0 unspecified atom stereocenters. The summed E-state index contributed by atoms with van der Waals surface area (Å²) in [4.78, 5) is 42.2. The first-order valence-corrected chi connectivity index (χ1v) is 10.9. The third-order valence-corrected chi connectivity index (χ3v) is 5.92. The monoisotopic (exact) mass is 440 g/mol. The van der Waals surface area contributed by atoms with Gasteiger partial charge < -0.3 is 14.2 Å². The highest BCUT2D eigenvalue weighted by molar-refractivity contribution is 7.14. The minimum atomic E-state index is -0.273. The molecule has 1 aliphatic rings. The zero-order chi connectivity index (χ0) is 22.0. The van der Waals surface area contributed by atoms with Gasteiger partial charge in [-0.3, -0.25) is 14.9 Å². The van der Waals surface area contributed by atoms with E-state index in [1.165, 1.54) is 17.6 Å². The Bertz CT molecular complexity index is 1080. The van der Waals surface area contributed by atoms with Gasteiger partial charge in [0.1, 0.15) is 17.4 Å². The molecule has 2 amide bonds. The van der Waals surface area contributed by atoms with Gasteiger partial charge in [-0.25, -0.2) is 15.0 Å². The average molecular weight is 441 g/mol. The molecule has 4 heterocycles. The van der Waals surface area contributed by atoms with Gasteiger partial charge >= 0.3 is 0 Å². The first-order valence-electron chi connectivity index (χ1n) is 10.0. The largest absolute Gasteiger partial charge is 0.469 e. The van der Waals surface area contributed by atoms with E-state index in [2.05, 4.69) is 25.2 Å². The smallest absolute Gasteiger partial charge is 0.260 e. The Morgan fingerprint density at radius 2 is 1.90 bits per heavy atom. The number of furan rings is 1. The number of anilines is 2. The van der Waals surface area contributed by atoms with Gasteiger partial charge in [-0.1, -0.05) is 0 Å². The molecule has 3 aromatic heterocycles. The van der Waals surface area contributed by atoms with Crippen molar-refractivity contribution in [2.45, 2.75) is 27.2 Å². The van der Waals surface area contributed by atoms with Crippen LogP contribution < -0.4 is 10.2 Å². The quantitative estimate of drug-likeness (QED) is 0.650. The van der Waals surface area contributed by atoms with E-state index in [1.807, 2.05) is 24.8 Å². The van der Waals surface area contributed by atoms with E-state index < -0.39 is 0 Å². The van der Waals surface area contributed by atoms with E-state index in [1.54, 1.807) is 18.4 Å². The van der Waals surface area contributed by atoms with E-state index in [9.17, 15) is 9.59 Å². The van der Waals surface area contributed by atoms with E-state index in [4.69, 9.17) is 4.42 Å². The molecule has 0 saturated carbocycles. The number of nitrogens with zero attached hydrogens (tertiary/aromatic N) is 5. The third kappa shape index (κ3) is 4.91. The lowest BCUT2D eigenvalue weighted by Gasteiger charge is -2.35. The lowest BCUT2D eigenvalue weighted by Crippen LogP contribution is -2.49. The van der Waals surface area contributed by atoms with Gasteiger partial charge in [-0.2, -0.15) is 0 Å². The van der Waals surface area contributed by atoms with Gasteiger partial charge in [-0.05, 0) is 26.8 Å². The number of rotatable bonds is 5. The van der Waals surface area contributed by atoms with Crippen LogP contribution in [0.2, 0.25) is 0 Å². The molecule has 9 nitrogen and oxygen atoms in total. The highest BCUT2D eigenvalue weighted by Crippen LogP contribution is 2.20. The van der Waals surface area contributed by atoms with Gasteiger partial charge in [0, 0.05) is 43.3 Å². The normalized spacial score (nSPS) is 14.0. The molecular formula is C21H24N6O3S. The van der Waals surface area contributed by atoms with Crippen molar-refractivity contribution < 1.29 is 14.0 Å². The van der Waals surface area contributed by atoms with Crippen LogP contribution in [0.1, 0.15) is 33.3 Å². The Morgan fingerprint density at radius 1 is 1.13 bits per heavy atom. The fraction of sp³-hybridized carbons (Fsp3) is 0.381. The van der Waals surface area contributed by atoms with Crippen LogP contribution in [-0.4, -0.2) is 57.8 Å². The fourth-order valence-corrected chi connectivity index (χ4v) is 4.25. The fourth-order valence-electron chi connectivity index (χ4n) is 3.54. The third-order valence-electron chi connectivity index (χ3n) is 5.12. The number of amides is 2. The van der Waals surface area contributed by atoms with Crippen LogP contribution in [0.15, 0.2) is 28.2 Å². The van der Waals surface area contributed by atoms with E-state index >= 15 is 0 Å². The Hall–Kier alpha value is -3.27. The standard InChI is InChI=1S/C21H24N6O3S/c1-13-10-18(23-15(3)22-13)26-5-7-27(8-6-26)19(28)11-16-12-31-21(24-16)25-20(29)17-4-9-30-14(17)2/h4,9-10,12H,5-8,11H2,1-3H3,(H,24,25,29). The van der Waals surface area contributed by atoms with E-state index in [0.717, 1.165) is 30.4 Å². The van der Waals surface area contributed by atoms with Gasteiger partial charge in [0.15, 0.2) is 5.13 Å². The molecule has 10 heteroatoms. The Balaban J connectivity index is 1.30. The Kier molecular flexibility index (Phi) is 5.99. The molecule has 0 atom stereocenters. The number of aryl methyl sites for hydroxylation is 3. The lowest BCUT2D eigenvalue weighted by atomic mass is 10.2.